The van der Waals surface area contributed by atoms with Crippen LogP contribution in [0.2, 0.25) is 0 Å². The largest absolute Gasteiger partial charge is 0.457 e. The molecule has 0 fully saturated rings. The van der Waals surface area contributed by atoms with Crippen molar-refractivity contribution in [3.8, 4) is 0 Å². The highest BCUT2D eigenvalue weighted by Gasteiger charge is 2.42. The average Bonchev–Trinajstić information content (AvgIpc) is 3.26. The molecule has 0 bridgehead atoms. The van der Waals surface area contributed by atoms with Gasteiger partial charge in [-0.1, -0.05) is 45.9 Å². The molecule has 0 radical (unpaired) electrons. The summed E-state index contributed by atoms with van der Waals surface area (Å²) in [5.74, 6) is -2.53. The molecule has 5 atom stereocenters. The maximum atomic E-state index is 13.4. The van der Waals surface area contributed by atoms with Crippen LogP contribution in [-0.4, -0.2) is 51.4 Å². The van der Waals surface area contributed by atoms with Crippen LogP contribution in [0.5, 0.6) is 0 Å². The van der Waals surface area contributed by atoms with Crippen molar-refractivity contribution in [1.82, 2.24) is 4.98 Å². The first kappa shape index (κ1) is 34.5. The van der Waals surface area contributed by atoms with E-state index in [0.717, 1.165) is 17.2 Å². The first-order chi connectivity index (χ1) is 17.9. The third kappa shape index (κ3) is 10.2. The van der Waals surface area contributed by atoms with Crippen LogP contribution in [0.25, 0.3) is 6.08 Å². The standard InChI is InChI=1S/C29H40F3NO5S/c1-9-11-21(29(30,31)32)12-13-23(18(4)14-22-16-39-20(6)33-22)38-25(35)15-24(34)28(7,8)27(37)19(5)26(36)17(3)10-2/h9-10,12,14,16-17,19,23-24,26,34,36H,1-2,11,13,15H2,3-8H3/b18-14+,21-12+/t17-,19+,23-,24-,26-/m0/s1. The fourth-order valence-electron chi connectivity index (χ4n) is 3.94. The number of allylic oxidation sites excluding steroid dienone is 2. The van der Waals surface area contributed by atoms with E-state index in [4.69, 9.17) is 4.74 Å². The normalized spacial score (nSPS) is 17.1. The van der Waals surface area contributed by atoms with E-state index in [-0.39, 0.29) is 12.3 Å². The number of esters is 1. The number of aliphatic hydroxyl groups is 2. The second-order valence-electron chi connectivity index (χ2n) is 10.3. The lowest BCUT2D eigenvalue weighted by molar-refractivity contribution is -0.154. The Labute approximate surface area is 233 Å². The molecule has 0 saturated carbocycles. The van der Waals surface area contributed by atoms with E-state index < -0.39 is 66.0 Å². The first-order valence-corrected chi connectivity index (χ1v) is 13.5. The van der Waals surface area contributed by atoms with Gasteiger partial charge in [0.2, 0.25) is 0 Å². The molecule has 10 heteroatoms. The molecular weight excluding hydrogens is 531 g/mol. The molecule has 1 rings (SSSR count). The monoisotopic (exact) mass is 571 g/mol. The number of aromatic nitrogens is 1. The van der Waals surface area contributed by atoms with Crippen LogP contribution in [0.4, 0.5) is 13.2 Å². The van der Waals surface area contributed by atoms with Crippen LogP contribution in [0.1, 0.15) is 64.6 Å². The molecule has 1 heterocycles. The molecule has 6 nitrogen and oxygen atoms in total. The number of aryl methyl sites for hydroxylation is 1. The van der Waals surface area contributed by atoms with Gasteiger partial charge in [-0.2, -0.15) is 13.2 Å². The van der Waals surface area contributed by atoms with Gasteiger partial charge in [-0.05, 0) is 31.9 Å². The van der Waals surface area contributed by atoms with Gasteiger partial charge in [-0.15, -0.1) is 24.5 Å². The van der Waals surface area contributed by atoms with Gasteiger partial charge < -0.3 is 14.9 Å². The summed E-state index contributed by atoms with van der Waals surface area (Å²) in [4.78, 5) is 30.3. The van der Waals surface area contributed by atoms with Gasteiger partial charge in [0.25, 0.3) is 0 Å². The SMILES string of the molecule is C=CC/C(=C\C[C@H](OC(=O)C[C@H](O)C(C)(C)C(=O)[C@H](C)[C@@H](O)[C@@H](C)C=C)/C(C)=C/c1csc(C)n1)C(F)(F)F. The summed E-state index contributed by atoms with van der Waals surface area (Å²) in [6, 6.07) is 0. The molecule has 0 aliphatic carbocycles. The van der Waals surface area contributed by atoms with Gasteiger partial charge in [0.05, 0.1) is 34.7 Å². The van der Waals surface area contributed by atoms with Gasteiger partial charge in [0, 0.05) is 29.2 Å². The molecular formula is C29H40F3NO5S. The molecule has 1 aromatic rings. The Hall–Kier alpha value is -2.56. The Morgan fingerprint density at radius 3 is 2.31 bits per heavy atom. The van der Waals surface area contributed by atoms with Crippen molar-refractivity contribution in [1.29, 1.82) is 0 Å². The highest BCUT2D eigenvalue weighted by atomic mass is 32.1. The van der Waals surface area contributed by atoms with E-state index in [2.05, 4.69) is 18.1 Å². The lowest BCUT2D eigenvalue weighted by Gasteiger charge is -2.34. The number of ether oxygens (including phenoxy) is 1. The minimum Gasteiger partial charge on any atom is -0.457 e. The van der Waals surface area contributed by atoms with Gasteiger partial charge in [0.15, 0.2) is 0 Å². The molecule has 0 spiro atoms. The third-order valence-electron chi connectivity index (χ3n) is 6.77. The number of thiazole rings is 1. The molecule has 0 amide bonds. The lowest BCUT2D eigenvalue weighted by atomic mass is 9.73. The molecule has 0 saturated heterocycles. The number of carbonyl (C=O) groups excluding carboxylic acids is 2. The van der Waals surface area contributed by atoms with Crippen LogP contribution in [0.3, 0.4) is 0 Å². The quantitative estimate of drug-likeness (QED) is 0.187. The lowest BCUT2D eigenvalue weighted by Crippen LogP contribution is -2.45. The molecule has 0 aromatic carbocycles. The van der Waals surface area contributed by atoms with Crippen LogP contribution < -0.4 is 0 Å². The van der Waals surface area contributed by atoms with Crippen molar-refractivity contribution in [3.63, 3.8) is 0 Å². The highest BCUT2D eigenvalue weighted by Crippen LogP contribution is 2.32. The number of rotatable bonds is 15. The molecule has 218 valence electrons. The number of Topliss-reactive ketones (excluding diaryl/α,β-unsaturated/α-hetero) is 1. The molecule has 2 N–H and O–H groups in total. The summed E-state index contributed by atoms with van der Waals surface area (Å²) >= 11 is 1.40. The summed E-state index contributed by atoms with van der Waals surface area (Å²) in [6.45, 7) is 16.6. The van der Waals surface area contributed by atoms with Crippen molar-refractivity contribution in [2.45, 2.75) is 85.3 Å². The summed E-state index contributed by atoms with van der Waals surface area (Å²) in [5, 5.41) is 23.8. The molecule has 1 aromatic heterocycles. The summed E-state index contributed by atoms with van der Waals surface area (Å²) in [7, 11) is 0. The zero-order valence-corrected chi connectivity index (χ0v) is 24.2. The number of ketones is 1. The Balaban J connectivity index is 3.16. The number of hydrogen-bond donors (Lipinski definition) is 2. The zero-order valence-electron chi connectivity index (χ0n) is 23.4. The van der Waals surface area contributed by atoms with Crippen LogP contribution >= 0.6 is 11.3 Å². The van der Waals surface area contributed by atoms with Crippen molar-refractivity contribution < 1.29 is 37.7 Å². The first-order valence-electron chi connectivity index (χ1n) is 12.7. The Morgan fingerprint density at radius 2 is 1.82 bits per heavy atom. The number of alkyl halides is 3. The van der Waals surface area contributed by atoms with Crippen molar-refractivity contribution in [2.24, 2.45) is 17.3 Å². The second-order valence-corrected chi connectivity index (χ2v) is 11.4. The molecule has 0 unspecified atom stereocenters. The third-order valence-corrected chi connectivity index (χ3v) is 7.56. The maximum Gasteiger partial charge on any atom is 0.412 e. The smallest absolute Gasteiger partial charge is 0.412 e. The van der Waals surface area contributed by atoms with Crippen molar-refractivity contribution >= 4 is 29.2 Å². The maximum absolute atomic E-state index is 13.4. The fourth-order valence-corrected chi connectivity index (χ4v) is 4.51. The van der Waals surface area contributed by atoms with Crippen LogP contribution in [0, 0.1) is 24.2 Å². The number of nitrogens with zero attached hydrogens (tertiary/aromatic N) is 1. The number of hydrogen-bond acceptors (Lipinski definition) is 7. The second kappa shape index (κ2) is 14.7. The van der Waals surface area contributed by atoms with Crippen molar-refractivity contribution in [2.75, 3.05) is 0 Å². The zero-order chi connectivity index (χ0) is 30.1. The molecule has 0 aliphatic heterocycles. The Bertz CT molecular complexity index is 1070. The minimum atomic E-state index is -4.57. The van der Waals surface area contributed by atoms with Crippen LogP contribution in [-0.2, 0) is 14.3 Å². The van der Waals surface area contributed by atoms with Crippen LogP contribution in [0.15, 0.2) is 47.9 Å². The van der Waals surface area contributed by atoms with E-state index in [1.165, 1.54) is 38.2 Å². The van der Waals surface area contributed by atoms with E-state index >= 15 is 0 Å². The van der Waals surface area contributed by atoms with Crippen molar-refractivity contribution in [3.05, 3.63) is 58.6 Å². The average molecular weight is 572 g/mol. The van der Waals surface area contributed by atoms with Gasteiger partial charge in [-0.25, -0.2) is 4.98 Å². The van der Waals surface area contributed by atoms with Gasteiger partial charge in [-0.3, -0.25) is 9.59 Å². The minimum absolute atomic E-state index is 0.263. The topological polar surface area (TPSA) is 96.7 Å². The van der Waals surface area contributed by atoms with Gasteiger partial charge >= 0.3 is 12.1 Å². The summed E-state index contributed by atoms with van der Waals surface area (Å²) < 4.78 is 45.8. The Morgan fingerprint density at radius 1 is 1.21 bits per heavy atom. The predicted molar refractivity (Wildman–Crippen MR) is 148 cm³/mol. The van der Waals surface area contributed by atoms with E-state index in [1.807, 2.05) is 6.92 Å². The predicted octanol–water partition coefficient (Wildman–Crippen LogP) is 6.39. The van der Waals surface area contributed by atoms with Gasteiger partial charge in [0.1, 0.15) is 11.9 Å². The molecule has 0 aliphatic rings. The fraction of sp³-hybridized carbons (Fsp3) is 0.552. The van der Waals surface area contributed by atoms with E-state index in [1.54, 1.807) is 25.3 Å². The molecule has 39 heavy (non-hydrogen) atoms. The Kier molecular flexibility index (Phi) is 13.0. The number of halogens is 3. The number of aliphatic hydroxyl groups excluding tert-OH is 2. The summed E-state index contributed by atoms with van der Waals surface area (Å²) in [5.41, 5.74) is -1.18. The summed E-state index contributed by atoms with van der Waals surface area (Å²) in [6.07, 6.45) is -4.09. The van der Waals surface area contributed by atoms with E-state index in [9.17, 15) is 33.0 Å². The number of carbonyl (C=O) groups is 2. The highest BCUT2D eigenvalue weighted by molar-refractivity contribution is 7.09. The van der Waals surface area contributed by atoms with E-state index in [0.29, 0.717) is 11.3 Å².